The van der Waals surface area contributed by atoms with Crippen LogP contribution in [-0.4, -0.2) is 19.5 Å². The van der Waals surface area contributed by atoms with Crippen molar-refractivity contribution in [2.75, 3.05) is 13.7 Å². The van der Waals surface area contributed by atoms with Crippen molar-refractivity contribution < 1.29 is 14.3 Å². The van der Waals surface area contributed by atoms with Crippen LogP contribution in [0.5, 0.6) is 5.75 Å². The fraction of sp³-hybridized carbons (Fsp3) is 0.182. The molecule has 0 aliphatic rings. The summed E-state index contributed by atoms with van der Waals surface area (Å²) in [6.45, 7) is 0.0361. The van der Waals surface area contributed by atoms with Crippen LogP contribution in [0.1, 0.15) is 10.4 Å². The quantitative estimate of drug-likeness (QED) is 0.610. The number of Topliss-reactive ketones (excluding diaryl/α,β-unsaturated/α-hetero) is 1. The summed E-state index contributed by atoms with van der Waals surface area (Å²) >= 11 is 3.04. The zero-order chi connectivity index (χ0) is 11.1. The van der Waals surface area contributed by atoms with Gasteiger partial charge in [-0.3, -0.25) is 4.79 Å². The molecule has 0 heterocycles. The second-order valence-electron chi connectivity index (χ2n) is 2.72. The molecule has 1 aromatic carbocycles. The summed E-state index contributed by atoms with van der Waals surface area (Å²) in [6, 6.07) is 6.91. The first-order chi connectivity index (χ1) is 7.27. The van der Waals surface area contributed by atoms with Crippen molar-refractivity contribution in [3.05, 3.63) is 41.1 Å². The lowest BCUT2D eigenvalue weighted by Crippen LogP contribution is -2.06. The first-order valence-electron chi connectivity index (χ1n) is 4.32. The van der Waals surface area contributed by atoms with Gasteiger partial charge in [-0.25, -0.2) is 0 Å². The number of methoxy groups -OCH3 is 1. The lowest BCUT2D eigenvalue weighted by atomic mass is 10.1. The molecular formula is C11H11BrO3. The molecule has 0 aliphatic heterocycles. The van der Waals surface area contributed by atoms with E-state index in [1.807, 2.05) is 0 Å². The van der Waals surface area contributed by atoms with Crippen LogP contribution in [0.25, 0.3) is 0 Å². The molecular weight excluding hydrogens is 260 g/mol. The van der Waals surface area contributed by atoms with E-state index < -0.39 is 0 Å². The molecule has 15 heavy (non-hydrogen) atoms. The molecule has 0 aliphatic carbocycles. The summed E-state index contributed by atoms with van der Waals surface area (Å²) < 4.78 is 9.93. The molecule has 0 bridgehead atoms. The van der Waals surface area contributed by atoms with Crippen molar-refractivity contribution in [2.45, 2.75) is 0 Å². The van der Waals surface area contributed by atoms with Crippen molar-refractivity contribution in [2.24, 2.45) is 0 Å². The molecule has 0 radical (unpaired) electrons. The molecule has 0 saturated heterocycles. The van der Waals surface area contributed by atoms with E-state index in [0.717, 1.165) is 5.75 Å². The van der Waals surface area contributed by atoms with E-state index in [1.165, 1.54) is 6.26 Å². The number of halogens is 1. The fourth-order valence-electron chi connectivity index (χ4n) is 1.02. The van der Waals surface area contributed by atoms with Crippen LogP contribution in [0, 0.1) is 0 Å². The molecule has 0 amide bonds. The van der Waals surface area contributed by atoms with Crippen LogP contribution in [0.15, 0.2) is 35.5 Å². The maximum absolute atomic E-state index is 11.5. The van der Waals surface area contributed by atoms with Crippen molar-refractivity contribution in [3.8, 4) is 5.75 Å². The SMILES string of the molecule is COc1ccc(C(=O)CO/C=C\Br)cc1. The van der Waals surface area contributed by atoms with Gasteiger partial charge in [-0.2, -0.15) is 0 Å². The summed E-state index contributed by atoms with van der Waals surface area (Å²) in [5.41, 5.74) is 0.610. The Bertz CT molecular complexity index is 343. The molecule has 3 nitrogen and oxygen atoms in total. The summed E-state index contributed by atoms with van der Waals surface area (Å²) in [4.78, 5) is 13.1. The molecule has 0 aromatic heterocycles. The van der Waals surface area contributed by atoms with E-state index in [2.05, 4.69) is 15.9 Å². The molecule has 80 valence electrons. The Morgan fingerprint density at radius 1 is 1.40 bits per heavy atom. The van der Waals surface area contributed by atoms with Gasteiger partial charge in [0.1, 0.15) is 5.75 Å². The lowest BCUT2D eigenvalue weighted by Gasteiger charge is -2.02. The van der Waals surface area contributed by atoms with Crippen LogP contribution >= 0.6 is 15.9 Å². The molecule has 0 spiro atoms. The smallest absolute Gasteiger partial charge is 0.200 e. The maximum atomic E-state index is 11.5. The van der Waals surface area contributed by atoms with Gasteiger partial charge >= 0.3 is 0 Å². The molecule has 4 heteroatoms. The third kappa shape index (κ3) is 3.75. The van der Waals surface area contributed by atoms with Gasteiger partial charge < -0.3 is 9.47 Å². The number of hydrogen-bond acceptors (Lipinski definition) is 3. The molecule has 1 aromatic rings. The van der Waals surface area contributed by atoms with E-state index in [1.54, 1.807) is 36.4 Å². The number of hydrogen-bond donors (Lipinski definition) is 0. The highest BCUT2D eigenvalue weighted by molar-refractivity contribution is 9.11. The highest BCUT2D eigenvalue weighted by Crippen LogP contribution is 2.11. The van der Waals surface area contributed by atoms with Crippen molar-refractivity contribution >= 4 is 21.7 Å². The molecule has 1 rings (SSSR count). The van der Waals surface area contributed by atoms with Gasteiger partial charge in [0.05, 0.1) is 13.4 Å². The Morgan fingerprint density at radius 3 is 2.60 bits per heavy atom. The number of carbonyl (C=O) groups is 1. The molecule has 0 fully saturated rings. The number of carbonyl (C=O) groups excluding carboxylic acids is 1. The molecule has 0 atom stereocenters. The number of rotatable bonds is 5. The summed E-state index contributed by atoms with van der Waals surface area (Å²) in [6.07, 6.45) is 1.42. The van der Waals surface area contributed by atoms with Crippen LogP contribution in [0.4, 0.5) is 0 Å². The second-order valence-corrected chi connectivity index (χ2v) is 3.25. The van der Waals surface area contributed by atoms with Gasteiger partial charge in [-0.05, 0) is 24.3 Å². The maximum Gasteiger partial charge on any atom is 0.200 e. The lowest BCUT2D eigenvalue weighted by molar-refractivity contribution is 0.0887. The fourth-order valence-corrected chi connectivity index (χ4v) is 1.17. The van der Waals surface area contributed by atoms with Crippen LogP contribution in [0.3, 0.4) is 0 Å². The molecule has 0 unspecified atom stereocenters. The second kappa shape index (κ2) is 6.24. The minimum absolute atomic E-state index is 0.0361. The number of ether oxygens (including phenoxy) is 2. The summed E-state index contributed by atoms with van der Waals surface area (Å²) in [7, 11) is 1.58. The normalized spacial score (nSPS) is 10.3. The molecule has 0 N–H and O–H groups in total. The summed E-state index contributed by atoms with van der Waals surface area (Å²) in [5.74, 6) is 0.663. The van der Waals surface area contributed by atoms with Crippen LogP contribution in [0.2, 0.25) is 0 Å². The third-order valence-corrected chi connectivity index (χ3v) is 1.99. The van der Waals surface area contributed by atoms with E-state index in [0.29, 0.717) is 5.56 Å². The van der Waals surface area contributed by atoms with Gasteiger partial charge in [0, 0.05) is 10.5 Å². The summed E-state index contributed by atoms with van der Waals surface area (Å²) in [5, 5.41) is 0. The number of benzene rings is 1. The van der Waals surface area contributed by atoms with E-state index in [9.17, 15) is 4.79 Å². The first kappa shape index (κ1) is 11.8. The Hall–Kier alpha value is -1.29. The molecule has 0 saturated carbocycles. The van der Waals surface area contributed by atoms with Gasteiger partial charge in [0.25, 0.3) is 0 Å². The van der Waals surface area contributed by atoms with E-state index in [-0.39, 0.29) is 12.4 Å². The Balaban J connectivity index is 2.58. The van der Waals surface area contributed by atoms with E-state index in [4.69, 9.17) is 9.47 Å². The highest BCUT2D eigenvalue weighted by atomic mass is 79.9. The van der Waals surface area contributed by atoms with Gasteiger partial charge in [-0.15, -0.1) is 0 Å². The highest BCUT2D eigenvalue weighted by Gasteiger charge is 2.05. The minimum Gasteiger partial charge on any atom is -0.497 e. The average Bonchev–Trinajstić information content (AvgIpc) is 2.29. The zero-order valence-corrected chi connectivity index (χ0v) is 9.86. The Labute approximate surface area is 96.8 Å². The zero-order valence-electron chi connectivity index (χ0n) is 8.27. The van der Waals surface area contributed by atoms with Gasteiger partial charge in [-0.1, -0.05) is 15.9 Å². The predicted octanol–water partition coefficient (Wildman–Crippen LogP) is 2.76. The Morgan fingerprint density at radius 2 is 2.07 bits per heavy atom. The topological polar surface area (TPSA) is 35.5 Å². The van der Waals surface area contributed by atoms with Crippen LogP contribution in [-0.2, 0) is 4.74 Å². The average molecular weight is 271 g/mol. The number of ketones is 1. The van der Waals surface area contributed by atoms with Gasteiger partial charge in [0.15, 0.2) is 12.4 Å². The van der Waals surface area contributed by atoms with E-state index >= 15 is 0 Å². The van der Waals surface area contributed by atoms with Crippen molar-refractivity contribution in [1.29, 1.82) is 0 Å². The van der Waals surface area contributed by atoms with Gasteiger partial charge in [0.2, 0.25) is 0 Å². The van der Waals surface area contributed by atoms with Crippen molar-refractivity contribution in [1.82, 2.24) is 0 Å². The Kier molecular flexibility index (Phi) is 4.90. The standard InChI is InChI=1S/C11H11BrO3/c1-14-10-4-2-9(3-5-10)11(13)8-15-7-6-12/h2-7H,8H2,1H3/b7-6-. The van der Waals surface area contributed by atoms with Crippen LogP contribution < -0.4 is 4.74 Å². The largest absolute Gasteiger partial charge is 0.497 e. The van der Waals surface area contributed by atoms with Crippen molar-refractivity contribution in [3.63, 3.8) is 0 Å². The first-order valence-corrected chi connectivity index (χ1v) is 5.23. The minimum atomic E-state index is -0.0664. The monoisotopic (exact) mass is 270 g/mol. The third-order valence-electron chi connectivity index (χ3n) is 1.77. The predicted molar refractivity (Wildman–Crippen MR) is 61.3 cm³/mol.